The molecule has 1 saturated heterocycles. The van der Waals surface area contributed by atoms with Gasteiger partial charge in [0.25, 0.3) is 0 Å². The minimum absolute atomic E-state index is 0.0378. The van der Waals surface area contributed by atoms with Crippen molar-refractivity contribution in [1.82, 2.24) is 15.1 Å². The fourth-order valence-corrected chi connectivity index (χ4v) is 2.64. The van der Waals surface area contributed by atoms with Crippen LogP contribution in [0.2, 0.25) is 0 Å². The third kappa shape index (κ3) is 2.74. The summed E-state index contributed by atoms with van der Waals surface area (Å²) in [6, 6.07) is 4.28. The molecule has 4 nitrogen and oxygen atoms in total. The largest absolute Gasteiger partial charge is 0.341 e. The molecule has 2 amide bonds. The molecule has 2 rings (SSSR count). The topological polar surface area (TPSA) is 35.6 Å². The Morgan fingerprint density at radius 1 is 1.44 bits per heavy atom. The molecule has 1 aliphatic heterocycles. The predicted octanol–water partition coefficient (Wildman–Crippen LogP) is 1.21. The van der Waals surface area contributed by atoms with Gasteiger partial charge in [0.1, 0.15) is 0 Å². The molecule has 0 unspecified atom stereocenters. The number of carbonyl (C=O) groups is 1. The number of thiophene rings is 1. The van der Waals surface area contributed by atoms with Crippen LogP contribution in [0.5, 0.6) is 0 Å². The minimum Gasteiger partial charge on any atom is -0.341 e. The van der Waals surface area contributed by atoms with Gasteiger partial charge in [-0.1, -0.05) is 6.07 Å². The summed E-state index contributed by atoms with van der Waals surface area (Å²) in [6.45, 7) is 4.59. The number of nitrogens with zero attached hydrogens (tertiary/aromatic N) is 2. The summed E-state index contributed by atoms with van der Waals surface area (Å²) in [7, 11) is 1.68. The number of amides is 2. The Kier molecular flexibility index (Phi) is 3.79. The first-order chi connectivity index (χ1) is 7.79. The van der Waals surface area contributed by atoms with Gasteiger partial charge in [0.05, 0.1) is 0 Å². The van der Waals surface area contributed by atoms with Crippen LogP contribution in [-0.4, -0.2) is 49.1 Å². The lowest BCUT2D eigenvalue weighted by atomic mass is 10.3. The Hall–Kier alpha value is -1.07. The molecule has 5 heteroatoms. The Morgan fingerprint density at radius 3 is 2.75 bits per heavy atom. The van der Waals surface area contributed by atoms with E-state index in [9.17, 15) is 4.79 Å². The lowest BCUT2D eigenvalue weighted by Gasteiger charge is -2.34. The van der Waals surface area contributed by atoms with Crippen molar-refractivity contribution in [2.45, 2.75) is 6.54 Å². The van der Waals surface area contributed by atoms with Crippen LogP contribution in [0.25, 0.3) is 0 Å². The number of carbonyl (C=O) groups excluding carboxylic acids is 1. The Bertz CT molecular complexity index is 331. The summed E-state index contributed by atoms with van der Waals surface area (Å²) in [5.41, 5.74) is 0. The fourth-order valence-electron chi connectivity index (χ4n) is 1.89. The van der Waals surface area contributed by atoms with E-state index in [0.717, 1.165) is 32.7 Å². The van der Waals surface area contributed by atoms with Crippen molar-refractivity contribution in [2.75, 3.05) is 33.2 Å². The molecule has 0 saturated carbocycles. The summed E-state index contributed by atoms with van der Waals surface area (Å²) >= 11 is 1.79. The summed E-state index contributed by atoms with van der Waals surface area (Å²) in [5.74, 6) is 0. The fraction of sp³-hybridized carbons (Fsp3) is 0.545. The van der Waals surface area contributed by atoms with E-state index in [-0.39, 0.29) is 6.03 Å². The van der Waals surface area contributed by atoms with Crippen molar-refractivity contribution in [1.29, 1.82) is 0 Å². The SMILES string of the molecule is CNC(=O)N1CCN(Cc2cccs2)CC1. The van der Waals surface area contributed by atoms with E-state index in [2.05, 4.69) is 27.7 Å². The zero-order chi connectivity index (χ0) is 11.4. The van der Waals surface area contributed by atoms with Gasteiger partial charge in [0.15, 0.2) is 0 Å². The second-order valence-corrected chi connectivity index (χ2v) is 4.93. The van der Waals surface area contributed by atoms with Crippen LogP contribution in [0, 0.1) is 0 Å². The van der Waals surface area contributed by atoms with Crippen molar-refractivity contribution in [3.05, 3.63) is 22.4 Å². The first-order valence-electron chi connectivity index (χ1n) is 5.51. The van der Waals surface area contributed by atoms with E-state index in [1.807, 2.05) is 4.90 Å². The first kappa shape index (κ1) is 11.4. The van der Waals surface area contributed by atoms with Crippen LogP contribution in [-0.2, 0) is 6.54 Å². The third-order valence-corrected chi connectivity index (χ3v) is 3.69. The van der Waals surface area contributed by atoms with Gasteiger partial charge in [-0.05, 0) is 11.4 Å². The van der Waals surface area contributed by atoms with Gasteiger partial charge >= 0.3 is 6.03 Å². The lowest BCUT2D eigenvalue weighted by molar-refractivity contribution is 0.137. The number of urea groups is 1. The average molecular weight is 239 g/mol. The number of rotatable bonds is 2. The van der Waals surface area contributed by atoms with Gasteiger partial charge in [-0.3, -0.25) is 4.90 Å². The quantitative estimate of drug-likeness (QED) is 0.842. The monoisotopic (exact) mass is 239 g/mol. The summed E-state index contributed by atoms with van der Waals surface area (Å²) in [5, 5.41) is 4.77. The lowest BCUT2D eigenvalue weighted by Crippen LogP contribution is -2.50. The highest BCUT2D eigenvalue weighted by Crippen LogP contribution is 2.13. The molecule has 0 bridgehead atoms. The summed E-state index contributed by atoms with van der Waals surface area (Å²) < 4.78 is 0. The highest BCUT2D eigenvalue weighted by atomic mass is 32.1. The summed E-state index contributed by atoms with van der Waals surface area (Å²) in [6.07, 6.45) is 0. The number of hydrogen-bond acceptors (Lipinski definition) is 3. The smallest absolute Gasteiger partial charge is 0.317 e. The predicted molar refractivity (Wildman–Crippen MR) is 65.6 cm³/mol. The molecule has 1 aromatic rings. The van der Waals surface area contributed by atoms with E-state index in [1.54, 1.807) is 18.4 Å². The first-order valence-corrected chi connectivity index (χ1v) is 6.39. The van der Waals surface area contributed by atoms with Crippen LogP contribution in [0.15, 0.2) is 17.5 Å². The normalized spacial score (nSPS) is 17.4. The van der Waals surface area contributed by atoms with Crippen molar-refractivity contribution < 1.29 is 4.79 Å². The van der Waals surface area contributed by atoms with Crippen LogP contribution < -0.4 is 5.32 Å². The molecule has 1 N–H and O–H groups in total. The van der Waals surface area contributed by atoms with Gasteiger partial charge in [-0.15, -0.1) is 11.3 Å². The van der Waals surface area contributed by atoms with E-state index >= 15 is 0 Å². The zero-order valence-electron chi connectivity index (χ0n) is 9.48. The maximum absolute atomic E-state index is 11.4. The number of hydrogen-bond donors (Lipinski definition) is 1. The molecule has 1 fully saturated rings. The maximum atomic E-state index is 11.4. The highest BCUT2D eigenvalue weighted by molar-refractivity contribution is 7.09. The number of piperazine rings is 1. The molecule has 0 atom stereocenters. The molecule has 16 heavy (non-hydrogen) atoms. The third-order valence-electron chi connectivity index (χ3n) is 2.83. The molecule has 0 spiro atoms. The van der Waals surface area contributed by atoms with Gasteiger partial charge in [0, 0.05) is 44.6 Å². The van der Waals surface area contributed by atoms with Crippen molar-refractivity contribution in [3.8, 4) is 0 Å². The zero-order valence-corrected chi connectivity index (χ0v) is 10.3. The molecular formula is C11H17N3OS. The van der Waals surface area contributed by atoms with E-state index in [4.69, 9.17) is 0 Å². The minimum atomic E-state index is 0.0378. The Balaban J connectivity index is 1.79. The molecule has 1 aliphatic rings. The standard InChI is InChI=1S/C11H17N3OS/c1-12-11(15)14-6-4-13(5-7-14)9-10-3-2-8-16-10/h2-3,8H,4-7,9H2,1H3,(H,12,15). The maximum Gasteiger partial charge on any atom is 0.317 e. The molecule has 2 heterocycles. The molecule has 88 valence electrons. The van der Waals surface area contributed by atoms with Crippen LogP contribution in [0.4, 0.5) is 4.79 Å². The average Bonchev–Trinajstić information content (AvgIpc) is 2.82. The summed E-state index contributed by atoms with van der Waals surface area (Å²) in [4.78, 5) is 17.0. The molecular weight excluding hydrogens is 222 g/mol. The molecule has 1 aromatic heterocycles. The van der Waals surface area contributed by atoms with Crippen LogP contribution >= 0.6 is 11.3 Å². The van der Waals surface area contributed by atoms with Gasteiger partial charge in [-0.2, -0.15) is 0 Å². The van der Waals surface area contributed by atoms with Gasteiger partial charge in [-0.25, -0.2) is 4.79 Å². The van der Waals surface area contributed by atoms with E-state index < -0.39 is 0 Å². The molecule has 0 aliphatic carbocycles. The highest BCUT2D eigenvalue weighted by Gasteiger charge is 2.20. The van der Waals surface area contributed by atoms with Crippen molar-refractivity contribution in [3.63, 3.8) is 0 Å². The number of nitrogens with one attached hydrogen (secondary N) is 1. The second-order valence-electron chi connectivity index (χ2n) is 3.90. The van der Waals surface area contributed by atoms with Gasteiger partial charge < -0.3 is 10.2 Å². The molecule has 0 radical (unpaired) electrons. The van der Waals surface area contributed by atoms with E-state index in [1.165, 1.54) is 4.88 Å². The van der Waals surface area contributed by atoms with Gasteiger partial charge in [0.2, 0.25) is 0 Å². The Morgan fingerprint density at radius 2 is 2.19 bits per heavy atom. The van der Waals surface area contributed by atoms with Crippen molar-refractivity contribution >= 4 is 17.4 Å². The Labute approximate surface area is 99.9 Å². The van der Waals surface area contributed by atoms with Crippen LogP contribution in [0.1, 0.15) is 4.88 Å². The molecule has 0 aromatic carbocycles. The van der Waals surface area contributed by atoms with E-state index in [0.29, 0.717) is 0 Å². The second kappa shape index (κ2) is 5.32. The van der Waals surface area contributed by atoms with Crippen molar-refractivity contribution in [2.24, 2.45) is 0 Å². The van der Waals surface area contributed by atoms with Crippen LogP contribution in [0.3, 0.4) is 0 Å².